The summed E-state index contributed by atoms with van der Waals surface area (Å²) in [5.41, 5.74) is 5.82. The highest BCUT2D eigenvalue weighted by Gasteiger charge is 2.38. The van der Waals surface area contributed by atoms with Gasteiger partial charge in [0.15, 0.2) is 5.82 Å². The lowest BCUT2D eigenvalue weighted by atomic mass is 9.72. The first kappa shape index (κ1) is 51.0. The molecule has 5 aromatic rings. The zero-order valence-corrected chi connectivity index (χ0v) is 41.3. The molecule has 0 saturated heterocycles. The molecule has 11 nitrogen and oxygen atoms in total. The number of fused-ring (bicyclic) bond motifs is 1. The molecule has 2 heterocycles. The molecule has 3 N–H and O–H groups in total. The van der Waals surface area contributed by atoms with E-state index in [1.54, 1.807) is 6.07 Å². The zero-order valence-electron chi connectivity index (χ0n) is 40.5. The molecule has 67 heavy (non-hydrogen) atoms. The Labute approximate surface area is 396 Å². The third kappa shape index (κ3) is 13.2. The SMILES string of the molecule is Cc1ccc(NS(=O)Oc2cc(C(C)(C)CC(C)(C)C)ccc2C)cc1Cc1ccc(-c2nc3n(n2)N=C(C(C)(C)C)C3=Nc2ccc(N(CCCCO)CCCCO)cc2C(F)(F)F)cc1. The van der Waals surface area contributed by atoms with Gasteiger partial charge in [-0.15, -0.1) is 9.89 Å². The predicted octanol–water partition coefficient (Wildman–Crippen LogP) is 11.7. The van der Waals surface area contributed by atoms with Crippen LogP contribution in [0, 0.1) is 24.7 Å². The molecule has 0 fully saturated rings. The van der Waals surface area contributed by atoms with Crippen LogP contribution in [0.2, 0.25) is 0 Å². The number of unbranched alkanes of at least 4 members (excludes halogenated alkanes) is 2. The number of aryl methyl sites for hydroxylation is 2. The summed E-state index contributed by atoms with van der Waals surface area (Å²) in [7, 11) is 0. The summed E-state index contributed by atoms with van der Waals surface area (Å²) >= 11 is -1.85. The Bertz CT molecular complexity index is 2600. The Morgan fingerprint density at radius 2 is 1.46 bits per heavy atom. The van der Waals surface area contributed by atoms with Gasteiger partial charge in [-0.1, -0.05) is 97.9 Å². The number of hydrogen-bond acceptors (Lipinski definition) is 9. The highest BCUT2D eigenvalue weighted by molar-refractivity contribution is 7.82. The Kier molecular flexibility index (Phi) is 15.9. The standard InChI is InChI=1S/C52H66F3N7O4S/c1-34-16-22-40(60-67(65)66-44-31-39(21-15-35(44)2)51(9,10)33-49(3,4)5)30-38(34)29-36-17-19-37(20-18-36)47-57-48-45(46(50(6,7)8)58-62(48)59-47)56-43-24-23-41(32-42(43)52(53,54)55)61(25-11-13-27-63)26-12-14-28-64/h15-24,30-32,60,63-64H,11-14,25-29,33H2,1-10H3. The van der Waals surface area contributed by atoms with Crippen LogP contribution in [-0.4, -0.2) is 67.0 Å². The molecule has 0 aliphatic carbocycles. The van der Waals surface area contributed by atoms with Gasteiger partial charge in [-0.3, -0.25) is 4.72 Å². The van der Waals surface area contributed by atoms with Gasteiger partial charge >= 0.3 is 17.4 Å². The summed E-state index contributed by atoms with van der Waals surface area (Å²) < 4.78 is 66.8. The molecule has 0 amide bonds. The molecule has 1 unspecified atom stereocenters. The van der Waals surface area contributed by atoms with E-state index in [2.05, 4.69) is 55.5 Å². The number of aliphatic imine (C=N–C) groups is 1. The second kappa shape index (κ2) is 20.9. The highest BCUT2D eigenvalue weighted by Crippen LogP contribution is 2.41. The number of nitrogens with zero attached hydrogens (tertiary/aromatic N) is 6. The Morgan fingerprint density at radius 3 is 2.07 bits per heavy atom. The number of anilines is 2. The fourth-order valence-corrected chi connectivity index (χ4v) is 9.22. The first-order valence-electron chi connectivity index (χ1n) is 23.0. The predicted molar refractivity (Wildman–Crippen MR) is 265 cm³/mol. The number of hydrogen-bond donors (Lipinski definition) is 3. The van der Waals surface area contributed by atoms with Gasteiger partial charge in [0, 0.05) is 48.7 Å². The molecular formula is C52H66F3N7O4S. The van der Waals surface area contributed by atoms with Crippen molar-refractivity contribution in [1.82, 2.24) is 14.9 Å². The summed E-state index contributed by atoms with van der Waals surface area (Å²) in [6, 6.07) is 23.9. The summed E-state index contributed by atoms with van der Waals surface area (Å²) in [6.07, 6.45) is -0.892. The highest BCUT2D eigenvalue weighted by atomic mass is 32.2. The van der Waals surface area contributed by atoms with Crippen molar-refractivity contribution in [3.63, 3.8) is 0 Å². The number of aliphatic hydroxyl groups is 2. The van der Waals surface area contributed by atoms with Crippen molar-refractivity contribution in [3.8, 4) is 17.1 Å². The van der Waals surface area contributed by atoms with Gasteiger partial charge in [-0.25, -0.2) is 9.98 Å². The third-order valence-corrected chi connectivity index (χ3v) is 12.5. The quantitative estimate of drug-likeness (QED) is 0.0701. The maximum atomic E-state index is 14.8. The molecule has 0 spiro atoms. The smallest absolute Gasteiger partial charge is 0.396 e. The van der Waals surface area contributed by atoms with E-state index >= 15 is 0 Å². The van der Waals surface area contributed by atoms with Crippen LogP contribution in [0.25, 0.3) is 11.4 Å². The molecule has 15 heteroatoms. The topological polar surface area (TPSA) is 137 Å². The monoisotopic (exact) mass is 941 g/mol. The molecule has 0 bridgehead atoms. The van der Waals surface area contributed by atoms with Gasteiger partial charge in [-0.05, 0) is 127 Å². The molecule has 6 rings (SSSR count). The van der Waals surface area contributed by atoms with Crippen molar-refractivity contribution < 1.29 is 31.8 Å². The van der Waals surface area contributed by atoms with Crippen molar-refractivity contribution in [2.75, 3.05) is 35.9 Å². The lowest BCUT2D eigenvalue weighted by molar-refractivity contribution is -0.137. The van der Waals surface area contributed by atoms with Gasteiger partial charge in [0.2, 0.25) is 5.82 Å². The molecule has 1 aromatic heterocycles. The van der Waals surface area contributed by atoms with E-state index in [0.717, 1.165) is 40.3 Å². The molecule has 1 aliphatic heterocycles. The Morgan fingerprint density at radius 1 is 0.806 bits per heavy atom. The number of alkyl halides is 3. The van der Waals surface area contributed by atoms with E-state index in [1.807, 2.05) is 94.1 Å². The van der Waals surface area contributed by atoms with E-state index in [4.69, 9.17) is 14.3 Å². The average molecular weight is 942 g/mol. The van der Waals surface area contributed by atoms with Crippen molar-refractivity contribution in [2.45, 2.75) is 119 Å². The molecule has 1 aliphatic rings. The van der Waals surface area contributed by atoms with Crippen LogP contribution in [0.5, 0.6) is 5.75 Å². The second-order valence-corrected chi connectivity index (χ2v) is 21.2. The number of nitrogens with one attached hydrogen (secondary N) is 1. The first-order chi connectivity index (χ1) is 31.5. The van der Waals surface area contributed by atoms with E-state index < -0.39 is 28.4 Å². The van der Waals surface area contributed by atoms with Gasteiger partial charge in [0.25, 0.3) is 0 Å². The summed E-state index contributed by atoms with van der Waals surface area (Å²) in [6.45, 7) is 21.7. The number of rotatable bonds is 19. The molecule has 360 valence electrons. The number of aliphatic hydroxyl groups excluding tert-OH is 2. The van der Waals surface area contributed by atoms with Crippen molar-refractivity contribution in [3.05, 3.63) is 118 Å². The van der Waals surface area contributed by atoms with Gasteiger partial charge in [-0.2, -0.15) is 22.5 Å². The van der Waals surface area contributed by atoms with E-state index in [-0.39, 0.29) is 41.3 Å². The minimum absolute atomic E-state index is 0.00608. The second-order valence-electron chi connectivity index (χ2n) is 20.4. The van der Waals surface area contributed by atoms with Crippen molar-refractivity contribution in [2.24, 2.45) is 20.9 Å². The molecule has 0 saturated carbocycles. The fourth-order valence-electron chi connectivity index (χ4n) is 8.52. The zero-order chi connectivity index (χ0) is 48.9. The lowest BCUT2D eigenvalue weighted by Crippen LogP contribution is -2.27. The average Bonchev–Trinajstić information content (AvgIpc) is 3.81. The summed E-state index contributed by atoms with van der Waals surface area (Å²) in [5.74, 6) is 1.16. The molecule has 1 atom stereocenters. The fraction of sp³-hybridized carbons (Fsp3) is 0.462. The van der Waals surface area contributed by atoms with Gasteiger partial charge in [0.05, 0.1) is 17.0 Å². The van der Waals surface area contributed by atoms with E-state index in [1.165, 1.54) is 10.9 Å². The lowest BCUT2D eigenvalue weighted by Gasteiger charge is -2.33. The van der Waals surface area contributed by atoms with Crippen LogP contribution in [0.1, 0.15) is 127 Å². The summed E-state index contributed by atoms with van der Waals surface area (Å²) in [5, 5.41) is 28.0. The van der Waals surface area contributed by atoms with Crippen LogP contribution in [0.4, 0.5) is 30.2 Å². The van der Waals surface area contributed by atoms with Gasteiger partial charge in [0.1, 0.15) is 11.5 Å². The minimum atomic E-state index is -4.71. The number of aromatic nitrogens is 3. The molecular weight excluding hydrogens is 876 g/mol. The maximum absolute atomic E-state index is 14.8. The largest absolute Gasteiger partial charge is 0.418 e. The van der Waals surface area contributed by atoms with Crippen LogP contribution in [0.3, 0.4) is 0 Å². The van der Waals surface area contributed by atoms with Crippen LogP contribution in [-0.2, 0) is 29.3 Å². The number of benzene rings is 4. The van der Waals surface area contributed by atoms with Crippen molar-refractivity contribution >= 4 is 39.8 Å². The maximum Gasteiger partial charge on any atom is 0.418 e. The molecule has 0 radical (unpaired) electrons. The van der Waals surface area contributed by atoms with Crippen LogP contribution >= 0.6 is 0 Å². The first-order valence-corrected chi connectivity index (χ1v) is 24.0. The third-order valence-electron chi connectivity index (χ3n) is 11.8. The molecule has 4 aromatic carbocycles. The van der Waals surface area contributed by atoms with Gasteiger partial charge < -0.3 is 19.3 Å². The van der Waals surface area contributed by atoms with Crippen LogP contribution < -0.4 is 13.8 Å². The normalized spacial score (nSPS) is 14.3. The number of halogens is 3. The summed E-state index contributed by atoms with van der Waals surface area (Å²) in [4.78, 5) is 12.6. The van der Waals surface area contributed by atoms with E-state index in [9.17, 15) is 27.6 Å². The minimum Gasteiger partial charge on any atom is -0.396 e. The Hall–Kier alpha value is -5.38. The van der Waals surface area contributed by atoms with Crippen molar-refractivity contribution in [1.29, 1.82) is 0 Å². The van der Waals surface area contributed by atoms with E-state index in [0.29, 0.717) is 79.4 Å². The Balaban J connectivity index is 1.21. The van der Waals surface area contributed by atoms with Crippen LogP contribution in [0.15, 0.2) is 89.0 Å².